The summed E-state index contributed by atoms with van der Waals surface area (Å²) in [5, 5.41) is 3.95. The van der Waals surface area contributed by atoms with E-state index < -0.39 is 6.03 Å². The molecule has 2 amide bonds. The van der Waals surface area contributed by atoms with E-state index in [1.54, 1.807) is 61.7 Å². The smallest absolute Gasteiger partial charge is 0.322 e. The van der Waals surface area contributed by atoms with Gasteiger partial charge in [0.1, 0.15) is 11.6 Å². The van der Waals surface area contributed by atoms with E-state index in [2.05, 4.69) is 10.3 Å². The van der Waals surface area contributed by atoms with Crippen LogP contribution in [-0.2, 0) is 13.1 Å². The maximum atomic E-state index is 13.4. The second-order valence-electron chi connectivity index (χ2n) is 7.47. The van der Waals surface area contributed by atoms with Gasteiger partial charge in [-0.05, 0) is 54.1 Å². The summed E-state index contributed by atoms with van der Waals surface area (Å²) in [5.74, 6) is 0.283. The Bertz CT molecular complexity index is 1360. The molecule has 4 rings (SSSR count). The molecule has 168 valence electrons. The summed E-state index contributed by atoms with van der Waals surface area (Å²) in [5.41, 5.74) is 1.92. The van der Waals surface area contributed by atoms with Crippen molar-refractivity contribution < 1.29 is 13.9 Å². The molecule has 3 aromatic carbocycles. The molecule has 0 aliphatic heterocycles. The number of fused-ring (bicyclic) bond motifs is 1. The number of carbonyl (C=O) groups excluding carboxylic acids is 1. The lowest BCUT2D eigenvalue weighted by atomic mass is 10.1. The molecule has 0 saturated heterocycles. The van der Waals surface area contributed by atoms with E-state index >= 15 is 0 Å². The second-order valence-corrected chi connectivity index (χ2v) is 7.88. The van der Waals surface area contributed by atoms with Gasteiger partial charge in [0.15, 0.2) is 0 Å². The number of hydrogen-bond donors (Lipinski definition) is 2. The number of hydrogen-bond acceptors (Lipinski definition) is 3. The molecule has 4 aromatic rings. The van der Waals surface area contributed by atoms with Crippen LogP contribution >= 0.6 is 11.6 Å². The molecule has 33 heavy (non-hydrogen) atoms. The summed E-state index contributed by atoms with van der Waals surface area (Å²) in [7, 11) is 1.57. The highest BCUT2D eigenvalue weighted by Gasteiger charge is 2.18. The van der Waals surface area contributed by atoms with E-state index in [9.17, 15) is 14.0 Å². The zero-order valence-electron chi connectivity index (χ0n) is 17.8. The van der Waals surface area contributed by atoms with E-state index in [-0.39, 0.29) is 24.5 Å². The average molecular weight is 466 g/mol. The molecule has 0 spiro atoms. The number of nitrogens with one attached hydrogen (secondary N) is 2. The first-order valence-electron chi connectivity index (χ1n) is 10.2. The highest BCUT2D eigenvalue weighted by Crippen LogP contribution is 2.23. The summed E-state index contributed by atoms with van der Waals surface area (Å²) in [6.07, 6.45) is 0. The molecule has 0 bridgehead atoms. The molecular formula is C25H21ClFN3O3. The number of aromatic nitrogens is 1. The van der Waals surface area contributed by atoms with Crippen molar-refractivity contribution in [3.05, 3.63) is 105 Å². The fraction of sp³-hybridized carbons (Fsp3) is 0.120. The van der Waals surface area contributed by atoms with Gasteiger partial charge in [-0.25, -0.2) is 9.18 Å². The van der Waals surface area contributed by atoms with Crippen molar-refractivity contribution >= 4 is 34.2 Å². The number of carbonyl (C=O) groups is 1. The van der Waals surface area contributed by atoms with Gasteiger partial charge in [-0.1, -0.05) is 35.9 Å². The Labute approximate surface area is 194 Å². The van der Waals surface area contributed by atoms with Crippen LogP contribution in [0.1, 0.15) is 11.1 Å². The van der Waals surface area contributed by atoms with Gasteiger partial charge in [-0.3, -0.25) is 4.79 Å². The summed E-state index contributed by atoms with van der Waals surface area (Å²) in [6, 6.07) is 19.3. The lowest BCUT2D eigenvalue weighted by molar-refractivity contribution is 0.206. The Morgan fingerprint density at radius 3 is 2.55 bits per heavy atom. The number of methoxy groups -OCH3 is 1. The molecule has 0 fully saturated rings. The zero-order valence-corrected chi connectivity index (χ0v) is 18.5. The number of aromatic amines is 1. The minimum atomic E-state index is -0.447. The normalized spacial score (nSPS) is 10.8. The van der Waals surface area contributed by atoms with Crippen LogP contribution in [0.5, 0.6) is 5.75 Å². The number of H-pyrrole nitrogens is 1. The fourth-order valence-electron chi connectivity index (χ4n) is 3.45. The first-order valence-corrected chi connectivity index (χ1v) is 10.6. The second kappa shape index (κ2) is 9.75. The molecule has 2 N–H and O–H groups in total. The predicted molar refractivity (Wildman–Crippen MR) is 127 cm³/mol. The van der Waals surface area contributed by atoms with Crippen LogP contribution in [0.3, 0.4) is 0 Å². The van der Waals surface area contributed by atoms with Crippen LogP contribution in [0.4, 0.5) is 14.9 Å². The lowest BCUT2D eigenvalue weighted by Crippen LogP contribution is -2.35. The monoisotopic (exact) mass is 465 g/mol. The van der Waals surface area contributed by atoms with E-state index in [0.717, 1.165) is 5.39 Å². The van der Waals surface area contributed by atoms with Crippen molar-refractivity contribution in [2.75, 3.05) is 12.4 Å². The number of amides is 2. The van der Waals surface area contributed by atoms with Crippen LogP contribution in [0.2, 0.25) is 5.02 Å². The van der Waals surface area contributed by atoms with Crippen molar-refractivity contribution in [3.63, 3.8) is 0 Å². The Balaban J connectivity index is 1.67. The molecule has 1 heterocycles. The third-order valence-electron chi connectivity index (χ3n) is 5.18. The predicted octanol–water partition coefficient (Wildman–Crippen LogP) is 5.56. The van der Waals surface area contributed by atoms with E-state index in [4.69, 9.17) is 16.3 Å². The van der Waals surface area contributed by atoms with Crippen molar-refractivity contribution in [3.8, 4) is 5.75 Å². The van der Waals surface area contributed by atoms with Crippen molar-refractivity contribution in [2.24, 2.45) is 0 Å². The third-order valence-corrected chi connectivity index (χ3v) is 5.51. The van der Waals surface area contributed by atoms with Gasteiger partial charge < -0.3 is 19.9 Å². The van der Waals surface area contributed by atoms with Gasteiger partial charge in [-0.15, -0.1) is 0 Å². The lowest BCUT2D eigenvalue weighted by Gasteiger charge is -2.23. The van der Waals surface area contributed by atoms with Crippen LogP contribution in [0.25, 0.3) is 10.9 Å². The standard InChI is InChI=1S/C25H21ClFN3O3/c1-33-20-10-11-22-17(13-20)12-18(24(31)28-22)15-30(14-16-6-8-19(27)9-7-16)25(32)29-23-5-3-2-4-21(23)26/h2-13H,14-15H2,1H3,(H,28,31)(H,29,32). The maximum absolute atomic E-state index is 13.4. The van der Waals surface area contributed by atoms with Gasteiger partial charge >= 0.3 is 6.03 Å². The van der Waals surface area contributed by atoms with Crippen LogP contribution in [0.15, 0.2) is 77.6 Å². The van der Waals surface area contributed by atoms with Gasteiger partial charge in [-0.2, -0.15) is 0 Å². The molecule has 0 aliphatic rings. The van der Waals surface area contributed by atoms with Crippen LogP contribution in [-0.4, -0.2) is 23.0 Å². The molecule has 0 aliphatic carbocycles. The Morgan fingerprint density at radius 2 is 1.82 bits per heavy atom. The number of anilines is 1. The molecule has 8 heteroatoms. The Morgan fingerprint density at radius 1 is 1.06 bits per heavy atom. The molecule has 0 radical (unpaired) electrons. The molecule has 0 unspecified atom stereocenters. The third kappa shape index (κ3) is 5.32. The Hall–Kier alpha value is -3.84. The average Bonchev–Trinajstić information content (AvgIpc) is 2.81. The number of halogens is 2. The minimum Gasteiger partial charge on any atom is -0.497 e. The van der Waals surface area contributed by atoms with Crippen molar-refractivity contribution in [2.45, 2.75) is 13.1 Å². The number of rotatable bonds is 6. The number of urea groups is 1. The van der Waals surface area contributed by atoms with Gasteiger partial charge in [0.2, 0.25) is 0 Å². The van der Waals surface area contributed by atoms with Gasteiger partial charge in [0.05, 0.1) is 24.4 Å². The fourth-order valence-corrected chi connectivity index (χ4v) is 3.63. The first kappa shape index (κ1) is 22.4. The van der Waals surface area contributed by atoms with Gasteiger partial charge in [0, 0.05) is 23.0 Å². The van der Waals surface area contributed by atoms with Crippen molar-refractivity contribution in [1.29, 1.82) is 0 Å². The zero-order chi connectivity index (χ0) is 23.4. The topological polar surface area (TPSA) is 74.4 Å². The SMILES string of the molecule is COc1ccc2[nH]c(=O)c(CN(Cc3ccc(F)cc3)C(=O)Nc3ccccc3Cl)cc2c1. The summed E-state index contributed by atoms with van der Waals surface area (Å²) in [4.78, 5) is 30.2. The minimum absolute atomic E-state index is 0.0240. The maximum Gasteiger partial charge on any atom is 0.322 e. The summed E-state index contributed by atoms with van der Waals surface area (Å²) in [6.45, 7) is 0.183. The molecular weight excluding hydrogens is 445 g/mol. The summed E-state index contributed by atoms with van der Waals surface area (Å²) >= 11 is 6.19. The highest BCUT2D eigenvalue weighted by molar-refractivity contribution is 6.33. The van der Waals surface area contributed by atoms with Crippen LogP contribution < -0.4 is 15.6 Å². The quantitative estimate of drug-likeness (QED) is 0.391. The molecule has 0 saturated carbocycles. The van der Waals surface area contributed by atoms with E-state index in [1.807, 2.05) is 6.07 Å². The number of nitrogens with zero attached hydrogens (tertiary/aromatic N) is 1. The Kier molecular flexibility index (Phi) is 6.60. The molecule has 6 nitrogen and oxygen atoms in total. The van der Waals surface area contributed by atoms with E-state index in [0.29, 0.717) is 33.1 Å². The number of benzene rings is 3. The number of pyridine rings is 1. The van der Waals surface area contributed by atoms with Gasteiger partial charge in [0.25, 0.3) is 5.56 Å². The molecule has 1 aromatic heterocycles. The number of ether oxygens (including phenoxy) is 1. The highest BCUT2D eigenvalue weighted by atomic mass is 35.5. The van der Waals surface area contributed by atoms with E-state index in [1.165, 1.54) is 17.0 Å². The number of para-hydroxylation sites is 1. The first-order chi connectivity index (χ1) is 15.9. The van der Waals surface area contributed by atoms with Crippen LogP contribution in [0, 0.1) is 5.82 Å². The summed E-state index contributed by atoms with van der Waals surface area (Å²) < 4.78 is 18.6. The molecule has 0 atom stereocenters. The largest absolute Gasteiger partial charge is 0.497 e. The van der Waals surface area contributed by atoms with Crippen molar-refractivity contribution in [1.82, 2.24) is 9.88 Å².